The van der Waals surface area contributed by atoms with Crippen LogP contribution in [0.5, 0.6) is 0 Å². The highest BCUT2D eigenvalue weighted by molar-refractivity contribution is 7.09. The summed E-state index contributed by atoms with van der Waals surface area (Å²) in [6, 6.07) is 4.26. The van der Waals surface area contributed by atoms with Gasteiger partial charge in [0.15, 0.2) is 0 Å². The minimum Gasteiger partial charge on any atom is -0.371 e. The van der Waals surface area contributed by atoms with Crippen molar-refractivity contribution in [2.75, 3.05) is 33.9 Å². The third-order valence-corrected chi connectivity index (χ3v) is 5.04. The van der Waals surface area contributed by atoms with E-state index in [0.29, 0.717) is 12.5 Å². The molecule has 0 N–H and O–H groups in total. The number of hydrogen-bond donors (Lipinski definition) is 0. The van der Waals surface area contributed by atoms with Crippen LogP contribution in [-0.4, -0.2) is 59.1 Å². The standard InChI is InChI=1S/C17H24N4O2S/c1-19(2)17(22)13-23-12-14-8-20(10-15-4-3-7-24-15)11-16-18-5-6-21(16)9-14/h3-7,14H,8-13H2,1-2H3. The first kappa shape index (κ1) is 17.1. The lowest BCUT2D eigenvalue weighted by Gasteiger charge is -2.23. The minimum absolute atomic E-state index is 0.00221. The highest BCUT2D eigenvalue weighted by atomic mass is 32.1. The van der Waals surface area contributed by atoms with E-state index in [-0.39, 0.29) is 12.5 Å². The zero-order chi connectivity index (χ0) is 16.9. The fourth-order valence-corrected chi connectivity index (χ4v) is 3.66. The second-order valence-corrected chi connectivity index (χ2v) is 7.45. The number of ether oxygens (including phenoxy) is 1. The van der Waals surface area contributed by atoms with Crippen LogP contribution in [0.15, 0.2) is 29.9 Å². The van der Waals surface area contributed by atoms with Gasteiger partial charge >= 0.3 is 0 Å². The van der Waals surface area contributed by atoms with Gasteiger partial charge in [0.1, 0.15) is 12.4 Å². The maximum Gasteiger partial charge on any atom is 0.248 e. The zero-order valence-electron chi connectivity index (χ0n) is 14.2. The van der Waals surface area contributed by atoms with E-state index in [1.54, 1.807) is 30.3 Å². The molecule has 1 atom stereocenters. The van der Waals surface area contributed by atoms with Gasteiger partial charge in [-0.2, -0.15) is 0 Å². The molecule has 1 aliphatic heterocycles. The summed E-state index contributed by atoms with van der Waals surface area (Å²) in [5.74, 6) is 1.44. The summed E-state index contributed by atoms with van der Waals surface area (Å²) in [5.41, 5.74) is 0. The third kappa shape index (κ3) is 4.43. The molecule has 2 aromatic rings. The van der Waals surface area contributed by atoms with Crippen molar-refractivity contribution in [3.8, 4) is 0 Å². The van der Waals surface area contributed by atoms with Gasteiger partial charge in [-0.25, -0.2) is 4.98 Å². The summed E-state index contributed by atoms with van der Waals surface area (Å²) in [7, 11) is 3.50. The van der Waals surface area contributed by atoms with Gasteiger partial charge < -0.3 is 14.2 Å². The lowest BCUT2D eigenvalue weighted by molar-refractivity contribution is -0.134. The molecule has 2 aromatic heterocycles. The zero-order valence-corrected chi connectivity index (χ0v) is 15.0. The Morgan fingerprint density at radius 3 is 3.08 bits per heavy atom. The highest BCUT2D eigenvalue weighted by Gasteiger charge is 2.23. The summed E-state index contributed by atoms with van der Waals surface area (Å²) in [6.07, 6.45) is 3.89. The normalized spacial score (nSPS) is 18.2. The smallest absolute Gasteiger partial charge is 0.248 e. The Bertz CT molecular complexity index is 653. The van der Waals surface area contributed by atoms with Crippen LogP contribution in [0.25, 0.3) is 0 Å². The first-order chi connectivity index (χ1) is 11.6. The minimum atomic E-state index is 0.00221. The fourth-order valence-electron chi connectivity index (χ4n) is 2.91. The van der Waals surface area contributed by atoms with Crippen molar-refractivity contribution >= 4 is 17.2 Å². The molecule has 0 aliphatic carbocycles. The lowest BCUT2D eigenvalue weighted by Crippen LogP contribution is -2.32. The number of imidazole rings is 1. The van der Waals surface area contributed by atoms with Crippen LogP contribution >= 0.6 is 11.3 Å². The first-order valence-electron chi connectivity index (χ1n) is 8.14. The van der Waals surface area contributed by atoms with Crippen LogP contribution in [0.1, 0.15) is 10.7 Å². The van der Waals surface area contributed by atoms with E-state index in [1.807, 2.05) is 12.4 Å². The number of thiophene rings is 1. The molecule has 0 spiro atoms. The number of rotatable bonds is 6. The van der Waals surface area contributed by atoms with Gasteiger partial charge in [-0.3, -0.25) is 9.69 Å². The van der Waals surface area contributed by atoms with E-state index in [1.165, 1.54) is 4.88 Å². The van der Waals surface area contributed by atoms with E-state index >= 15 is 0 Å². The Morgan fingerprint density at radius 2 is 2.33 bits per heavy atom. The first-order valence-corrected chi connectivity index (χ1v) is 9.02. The molecule has 24 heavy (non-hydrogen) atoms. The number of aromatic nitrogens is 2. The van der Waals surface area contributed by atoms with Crippen molar-refractivity contribution in [3.63, 3.8) is 0 Å². The van der Waals surface area contributed by atoms with Crippen LogP contribution in [0.4, 0.5) is 0 Å². The molecular formula is C17H24N4O2S. The fraction of sp³-hybridized carbons (Fsp3) is 0.529. The van der Waals surface area contributed by atoms with Gasteiger partial charge in [-0.15, -0.1) is 11.3 Å². The summed E-state index contributed by atoms with van der Waals surface area (Å²) in [4.78, 5) is 21.5. The molecule has 1 amide bonds. The van der Waals surface area contributed by atoms with Gasteiger partial charge in [0.05, 0.1) is 13.2 Å². The molecule has 1 unspecified atom stereocenters. The summed E-state index contributed by atoms with van der Waals surface area (Å²) in [6.45, 7) is 4.32. The Kier molecular flexibility index (Phi) is 5.65. The molecular weight excluding hydrogens is 324 g/mol. The quantitative estimate of drug-likeness (QED) is 0.797. The number of amides is 1. The molecule has 0 saturated carbocycles. The lowest BCUT2D eigenvalue weighted by atomic mass is 10.1. The third-order valence-electron chi connectivity index (χ3n) is 4.18. The van der Waals surface area contributed by atoms with Gasteiger partial charge in [-0.1, -0.05) is 6.07 Å². The van der Waals surface area contributed by atoms with E-state index in [4.69, 9.17) is 4.74 Å². The Balaban J connectivity index is 1.62. The van der Waals surface area contributed by atoms with Crippen molar-refractivity contribution < 1.29 is 9.53 Å². The SMILES string of the molecule is CN(C)C(=O)COCC1CN(Cc2cccs2)Cc2nccn2C1. The number of nitrogens with zero attached hydrogens (tertiary/aromatic N) is 4. The van der Waals surface area contributed by atoms with E-state index in [9.17, 15) is 4.79 Å². The maximum absolute atomic E-state index is 11.7. The van der Waals surface area contributed by atoms with Crippen LogP contribution < -0.4 is 0 Å². The van der Waals surface area contributed by atoms with Crippen molar-refractivity contribution in [2.24, 2.45) is 5.92 Å². The van der Waals surface area contributed by atoms with Crippen LogP contribution in [0, 0.1) is 5.92 Å². The van der Waals surface area contributed by atoms with Gasteiger partial charge in [0.25, 0.3) is 0 Å². The van der Waals surface area contributed by atoms with E-state index in [0.717, 1.165) is 32.0 Å². The Labute approximate surface area is 146 Å². The highest BCUT2D eigenvalue weighted by Crippen LogP contribution is 2.20. The molecule has 0 aromatic carbocycles. The average Bonchev–Trinajstić information content (AvgIpc) is 3.16. The van der Waals surface area contributed by atoms with E-state index in [2.05, 4.69) is 32.0 Å². The molecule has 3 heterocycles. The van der Waals surface area contributed by atoms with Crippen molar-refractivity contribution in [1.82, 2.24) is 19.4 Å². The molecule has 1 aliphatic rings. The van der Waals surface area contributed by atoms with Crippen molar-refractivity contribution in [2.45, 2.75) is 19.6 Å². The Hall–Kier alpha value is -1.70. The van der Waals surface area contributed by atoms with Crippen LogP contribution in [0.3, 0.4) is 0 Å². The number of hydrogen-bond acceptors (Lipinski definition) is 5. The molecule has 0 bridgehead atoms. The van der Waals surface area contributed by atoms with Gasteiger partial charge in [-0.05, 0) is 11.4 Å². The molecule has 6 nitrogen and oxygen atoms in total. The maximum atomic E-state index is 11.7. The van der Waals surface area contributed by atoms with Gasteiger partial charge in [0.2, 0.25) is 5.91 Å². The predicted octanol–water partition coefficient (Wildman–Crippen LogP) is 1.68. The summed E-state index contributed by atoms with van der Waals surface area (Å²) in [5, 5.41) is 2.11. The largest absolute Gasteiger partial charge is 0.371 e. The second kappa shape index (κ2) is 7.92. The molecule has 3 rings (SSSR count). The van der Waals surface area contributed by atoms with Crippen LogP contribution in [-0.2, 0) is 29.2 Å². The number of likely N-dealkylation sites (N-methyl/N-ethyl adjacent to an activating group) is 1. The van der Waals surface area contributed by atoms with Gasteiger partial charge in [0, 0.05) is 56.9 Å². The molecule has 0 fully saturated rings. The van der Waals surface area contributed by atoms with Crippen molar-refractivity contribution in [3.05, 3.63) is 40.6 Å². The summed E-state index contributed by atoms with van der Waals surface area (Å²) >= 11 is 1.78. The number of carbonyl (C=O) groups is 1. The van der Waals surface area contributed by atoms with Crippen molar-refractivity contribution in [1.29, 1.82) is 0 Å². The monoisotopic (exact) mass is 348 g/mol. The van der Waals surface area contributed by atoms with Crippen LogP contribution in [0.2, 0.25) is 0 Å². The molecule has 0 radical (unpaired) electrons. The van der Waals surface area contributed by atoms with E-state index < -0.39 is 0 Å². The Morgan fingerprint density at radius 1 is 1.46 bits per heavy atom. The predicted molar refractivity (Wildman–Crippen MR) is 93.7 cm³/mol. The molecule has 0 saturated heterocycles. The average molecular weight is 348 g/mol. The summed E-state index contributed by atoms with van der Waals surface area (Å²) < 4.78 is 7.88. The molecule has 7 heteroatoms. The topological polar surface area (TPSA) is 50.6 Å². The number of carbonyl (C=O) groups excluding carboxylic acids is 1. The molecule has 130 valence electrons. The second-order valence-electron chi connectivity index (χ2n) is 6.41. The number of fused-ring (bicyclic) bond motifs is 1.